The van der Waals surface area contributed by atoms with Gasteiger partial charge in [-0.1, -0.05) is 0 Å². The second kappa shape index (κ2) is 8.29. The Bertz CT molecular complexity index is 590. The number of fused-ring (bicyclic) bond motifs is 1. The number of likely N-dealkylation sites (N-methyl/N-ethyl adjacent to an activating group) is 1. The fourth-order valence-electron chi connectivity index (χ4n) is 2.27. The Balaban J connectivity index is 0.00000180. The first kappa shape index (κ1) is 19.0. The molecule has 5 nitrogen and oxygen atoms in total. The van der Waals surface area contributed by atoms with E-state index in [0.29, 0.717) is 0 Å². The lowest BCUT2D eigenvalue weighted by atomic mass is 10.3. The van der Waals surface area contributed by atoms with Crippen LogP contribution in [0.3, 0.4) is 0 Å². The van der Waals surface area contributed by atoms with Gasteiger partial charge < -0.3 is 29.7 Å². The molecule has 3 N–H and O–H groups in total. The highest BCUT2D eigenvalue weighted by atomic mass is 35.5. The molecule has 20 heavy (non-hydrogen) atoms. The summed E-state index contributed by atoms with van der Waals surface area (Å²) in [6, 6.07) is 3.92. The minimum Gasteiger partial charge on any atom is -1.00 e. The van der Waals surface area contributed by atoms with E-state index in [1.807, 2.05) is 19.1 Å². The molecule has 0 bridgehead atoms. The van der Waals surface area contributed by atoms with E-state index in [-0.39, 0.29) is 30.5 Å². The van der Waals surface area contributed by atoms with Crippen molar-refractivity contribution in [3.8, 4) is 0 Å². The molecule has 0 aliphatic rings. The van der Waals surface area contributed by atoms with Gasteiger partial charge in [0, 0.05) is 0 Å². The summed E-state index contributed by atoms with van der Waals surface area (Å²) in [5, 5.41) is 0. The molecule has 7 heteroatoms. The van der Waals surface area contributed by atoms with Gasteiger partial charge >= 0.3 is 11.3 Å². The van der Waals surface area contributed by atoms with Crippen molar-refractivity contribution in [2.24, 2.45) is 0 Å². The summed E-state index contributed by atoms with van der Waals surface area (Å²) < 4.78 is 1.80. The first-order chi connectivity index (χ1) is 8.65. The lowest BCUT2D eigenvalue weighted by Crippen LogP contribution is -3.11. The normalized spacial score (nSPS) is 10.4. The summed E-state index contributed by atoms with van der Waals surface area (Å²) in [6.45, 7) is 10.3. The van der Waals surface area contributed by atoms with Crippen LogP contribution in [0, 0.1) is 6.92 Å². The predicted molar refractivity (Wildman–Crippen MR) is 70.8 cm³/mol. The monoisotopic (exact) mass is 320 g/mol. The Morgan fingerprint density at radius 3 is 2.50 bits per heavy atom. The number of hydrogen-bond donors (Lipinski definition) is 2. The number of quaternary nitrogens is 1. The summed E-state index contributed by atoms with van der Waals surface area (Å²) in [5.74, 6) is 0. The van der Waals surface area contributed by atoms with Gasteiger partial charge in [0.2, 0.25) is 0 Å². The van der Waals surface area contributed by atoms with Gasteiger partial charge in [-0.2, -0.15) is 4.57 Å². The maximum absolute atomic E-state index is 11.9. The average molecular weight is 321 g/mol. The van der Waals surface area contributed by atoms with Gasteiger partial charge in [0.15, 0.2) is 0 Å². The van der Waals surface area contributed by atoms with E-state index in [4.69, 9.17) is 0 Å². The summed E-state index contributed by atoms with van der Waals surface area (Å²) >= 11 is 0. The highest BCUT2D eigenvalue weighted by Crippen LogP contribution is 2.03. The SMILES string of the molecule is CC[NH+](CC)CCn1c(=O)[nH]c2ccc(C)[nH+]c21.[Cl-].[Cl-]. The molecule has 2 heterocycles. The van der Waals surface area contributed by atoms with Gasteiger partial charge in [-0.05, 0) is 32.9 Å². The largest absolute Gasteiger partial charge is 1.00 e. The summed E-state index contributed by atoms with van der Waals surface area (Å²) in [6.07, 6.45) is 0. The van der Waals surface area contributed by atoms with Gasteiger partial charge in [-0.25, -0.2) is 9.78 Å². The van der Waals surface area contributed by atoms with E-state index in [9.17, 15) is 4.79 Å². The molecule has 0 saturated heterocycles. The minimum atomic E-state index is -0.0293. The number of nitrogens with zero attached hydrogens (tertiary/aromatic N) is 1. The molecule has 0 aliphatic carbocycles. The van der Waals surface area contributed by atoms with Crippen LogP contribution < -0.4 is 40.4 Å². The third kappa shape index (κ3) is 3.98. The lowest BCUT2D eigenvalue weighted by molar-refractivity contribution is -0.897. The Hall–Kier alpha value is -1.04. The molecule has 2 aromatic rings. The second-order valence-electron chi connectivity index (χ2n) is 4.69. The Kier molecular flexibility index (Phi) is 7.86. The van der Waals surface area contributed by atoms with Crippen LogP contribution in [0.15, 0.2) is 16.9 Å². The zero-order valence-electron chi connectivity index (χ0n) is 12.1. The smallest absolute Gasteiger partial charge is 0.413 e. The quantitative estimate of drug-likeness (QED) is 0.565. The van der Waals surface area contributed by atoms with E-state index in [0.717, 1.165) is 43.0 Å². The number of aromatic amines is 2. The number of rotatable bonds is 5. The topological polar surface area (TPSA) is 56.4 Å². The number of aromatic nitrogens is 3. The first-order valence-electron chi connectivity index (χ1n) is 6.60. The van der Waals surface area contributed by atoms with Crippen LogP contribution in [0.5, 0.6) is 0 Å². The van der Waals surface area contributed by atoms with Crippen molar-refractivity contribution in [2.45, 2.75) is 27.3 Å². The Morgan fingerprint density at radius 1 is 1.25 bits per heavy atom. The van der Waals surface area contributed by atoms with E-state index < -0.39 is 0 Å². The van der Waals surface area contributed by atoms with Crippen molar-refractivity contribution in [2.75, 3.05) is 19.6 Å². The fourth-order valence-corrected chi connectivity index (χ4v) is 2.27. The standard InChI is InChI=1S/C13H20N4O.2ClH/c1-4-16(5-2)8-9-17-12-11(15-13(17)18)7-6-10(3)14-12;;/h6-7H,4-5,8-9H2,1-3H3,(H,15,18);2*1H. The fraction of sp³-hybridized carbons (Fsp3) is 0.538. The molecule has 0 fully saturated rings. The number of imidazole rings is 1. The number of hydrogen-bond acceptors (Lipinski definition) is 1. The first-order valence-corrected chi connectivity index (χ1v) is 6.60. The molecule has 0 aliphatic heterocycles. The molecular formula is C13H22Cl2N4O. The maximum atomic E-state index is 11.9. The van der Waals surface area contributed by atoms with Crippen LogP contribution in [0.2, 0.25) is 0 Å². The average Bonchev–Trinajstić information content (AvgIpc) is 2.66. The maximum Gasteiger partial charge on any atom is 0.413 e. The highest BCUT2D eigenvalue weighted by molar-refractivity contribution is 5.66. The molecule has 0 atom stereocenters. The zero-order valence-corrected chi connectivity index (χ0v) is 13.6. The Morgan fingerprint density at radius 2 is 1.90 bits per heavy atom. The number of aryl methyl sites for hydroxylation is 1. The van der Waals surface area contributed by atoms with Gasteiger partial charge in [0.1, 0.15) is 18.6 Å². The van der Waals surface area contributed by atoms with Crippen molar-refractivity contribution in [1.29, 1.82) is 0 Å². The van der Waals surface area contributed by atoms with Gasteiger partial charge in [0.25, 0.3) is 0 Å². The molecule has 0 radical (unpaired) electrons. The number of H-pyrrole nitrogens is 2. The van der Waals surface area contributed by atoms with Crippen molar-refractivity contribution in [1.82, 2.24) is 9.55 Å². The van der Waals surface area contributed by atoms with Crippen molar-refractivity contribution >= 4 is 11.2 Å². The van der Waals surface area contributed by atoms with E-state index >= 15 is 0 Å². The predicted octanol–water partition coefficient (Wildman–Crippen LogP) is -6.62. The van der Waals surface area contributed by atoms with Crippen molar-refractivity contribution in [3.63, 3.8) is 0 Å². The van der Waals surface area contributed by atoms with Crippen LogP contribution in [0.4, 0.5) is 0 Å². The molecule has 0 unspecified atom stereocenters. The summed E-state index contributed by atoms with van der Waals surface area (Å²) in [5.41, 5.74) is 2.80. The van der Waals surface area contributed by atoms with Crippen molar-refractivity contribution < 1.29 is 34.7 Å². The molecule has 2 aromatic heterocycles. The number of nitrogens with one attached hydrogen (secondary N) is 3. The van der Waals surface area contributed by atoms with E-state index in [1.165, 1.54) is 4.90 Å². The molecule has 2 rings (SSSR count). The zero-order chi connectivity index (χ0) is 13.1. The molecule has 0 amide bonds. The molecule has 0 saturated carbocycles. The van der Waals surface area contributed by atoms with Gasteiger partial charge in [-0.3, -0.25) is 4.98 Å². The van der Waals surface area contributed by atoms with Gasteiger partial charge in [0.05, 0.1) is 18.8 Å². The Labute approximate surface area is 131 Å². The molecular weight excluding hydrogens is 299 g/mol. The lowest BCUT2D eigenvalue weighted by Gasteiger charge is -2.13. The summed E-state index contributed by atoms with van der Waals surface area (Å²) in [7, 11) is 0. The van der Waals surface area contributed by atoms with Crippen LogP contribution in [-0.4, -0.2) is 29.2 Å². The third-order valence-electron chi connectivity index (χ3n) is 3.52. The minimum absolute atomic E-state index is 0. The van der Waals surface area contributed by atoms with Crippen LogP contribution in [0.25, 0.3) is 11.2 Å². The third-order valence-corrected chi connectivity index (χ3v) is 3.52. The van der Waals surface area contributed by atoms with E-state index in [1.54, 1.807) is 4.57 Å². The van der Waals surface area contributed by atoms with E-state index in [2.05, 4.69) is 23.8 Å². The molecule has 0 spiro atoms. The summed E-state index contributed by atoms with van der Waals surface area (Å²) in [4.78, 5) is 19.6. The van der Waals surface area contributed by atoms with Crippen molar-refractivity contribution in [3.05, 3.63) is 28.3 Å². The number of halogens is 2. The molecule has 0 aromatic carbocycles. The van der Waals surface area contributed by atoms with Crippen LogP contribution in [-0.2, 0) is 6.54 Å². The van der Waals surface area contributed by atoms with Crippen LogP contribution in [0.1, 0.15) is 19.5 Å². The highest BCUT2D eigenvalue weighted by Gasteiger charge is 2.16. The van der Waals surface area contributed by atoms with Gasteiger partial charge in [-0.15, -0.1) is 0 Å². The number of pyridine rings is 1. The molecule has 114 valence electrons. The van der Waals surface area contributed by atoms with Crippen LogP contribution >= 0.6 is 0 Å². The second-order valence-corrected chi connectivity index (χ2v) is 4.69.